The zero-order valence-electron chi connectivity index (χ0n) is 17.0. The maximum absolute atomic E-state index is 10.8. The lowest BCUT2D eigenvalue weighted by Crippen LogP contribution is -1.95. The molecule has 0 aliphatic rings. The number of hydrogen-bond donors (Lipinski definition) is 3. The van der Waals surface area contributed by atoms with Crippen LogP contribution in [0.5, 0.6) is 5.75 Å². The van der Waals surface area contributed by atoms with E-state index in [1.807, 2.05) is 42.5 Å². The van der Waals surface area contributed by atoms with Crippen molar-refractivity contribution in [2.75, 3.05) is 0 Å². The van der Waals surface area contributed by atoms with E-state index >= 15 is 0 Å². The van der Waals surface area contributed by atoms with E-state index in [1.54, 1.807) is 24.4 Å². The van der Waals surface area contributed by atoms with Gasteiger partial charge < -0.3 is 10.2 Å². The van der Waals surface area contributed by atoms with Crippen molar-refractivity contribution in [1.82, 2.24) is 10.2 Å². The van der Waals surface area contributed by atoms with Gasteiger partial charge in [-0.2, -0.15) is 5.10 Å². The third kappa shape index (κ3) is 4.41. The first kappa shape index (κ1) is 20.2. The zero-order chi connectivity index (χ0) is 21.8. The Morgan fingerprint density at radius 2 is 1.77 bits per heavy atom. The molecule has 4 rings (SSSR count). The minimum atomic E-state index is -0.977. The van der Waals surface area contributed by atoms with Gasteiger partial charge in [0.05, 0.1) is 11.7 Å². The van der Waals surface area contributed by atoms with E-state index in [4.69, 9.17) is 5.11 Å². The van der Waals surface area contributed by atoms with Gasteiger partial charge in [0.1, 0.15) is 5.75 Å². The summed E-state index contributed by atoms with van der Waals surface area (Å²) < 4.78 is 0. The molecule has 0 atom stereocenters. The van der Waals surface area contributed by atoms with Crippen molar-refractivity contribution in [2.24, 2.45) is 0 Å². The fraction of sp³-hybridized carbons (Fsp3) is 0.0769. The summed E-state index contributed by atoms with van der Waals surface area (Å²) in [4.78, 5) is 10.8. The number of hydrogen-bond acceptors (Lipinski definition) is 3. The highest BCUT2D eigenvalue weighted by molar-refractivity contribution is 6.00. The first-order chi connectivity index (χ1) is 15.0. The molecule has 0 spiro atoms. The number of carbonyl (C=O) groups is 1. The van der Waals surface area contributed by atoms with E-state index in [-0.39, 0.29) is 5.75 Å². The van der Waals surface area contributed by atoms with E-state index in [9.17, 15) is 9.90 Å². The van der Waals surface area contributed by atoms with Crippen molar-refractivity contribution in [3.8, 4) is 5.75 Å². The van der Waals surface area contributed by atoms with Crippen molar-refractivity contribution in [2.45, 2.75) is 13.3 Å². The van der Waals surface area contributed by atoms with Crippen LogP contribution >= 0.6 is 0 Å². The van der Waals surface area contributed by atoms with Crippen LogP contribution in [0.2, 0.25) is 0 Å². The monoisotopic (exact) mass is 410 g/mol. The van der Waals surface area contributed by atoms with Gasteiger partial charge in [0, 0.05) is 11.5 Å². The number of aromatic amines is 1. The minimum Gasteiger partial charge on any atom is -0.508 e. The Kier molecular flexibility index (Phi) is 5.67. The Bertz CT molecular complexity index is 1300. The quantitative estimate of drug-likeness (QED) is 0.280. The van der Waals surface area contributed by atoms with Crippen LogP contribution in [0.25, 0.3) is 28.1 Å². The summed E-state index contributed by atoms with van der Waals surface area (Å²) in [5, 5.41) is 27.0. The van der Waals surface area contributed by atoms with Gasteiger partial charge in [-0.15, -0.1) is 0 Å². The number of aromatic hydroxyl groups is 1. The summed E-state index contributed by atoms with van der Waals surface area (Å²) in [6.07, 6.45) is 5.27. The molecule has 154 valence electrons. The van der Waals surface area contributed by atoms with Gasteiger partial charge in [-0.25, -0.2) is 4.79 Å². The molecule has 3 aromatic carbocycles. The molecule has 0 fully saturated rings. The molecule has 0 saturated heterocycles. The number of fused-ring (bicyclic) bond motifs is 1. The second-order valence-corrected chi connectivity index (χ2v) is 7.22. The largest absolute Gasteiger partial charge is 0.508 e. The first-order valence-corrected chi connectivity index (χ1v) is 10.0. The smallest absolute Gasteiger partial charge is 0.328 e. The second kappa shape index (κ2) is 8.71. The van der Waals surface area contributed by atoms with Crippen LogP contribution in [0.3, 0.4) is 0 Å². The number of carboxylic acids is 1. The number of rotatable bonds is 6. The number of allylic oxidation sites excluding steroid dienone is 1. The van der Waals surface area contributed by atoms with Crippen LogP contribution in [0.1, 0.15) is 35.6 Å². The molecule has 5 nitrogen and oxygen atoms in total. The summed E-state index contributed by atoms with van der Waals surface area (Å²) in [6, 6.07) is 21.3. The lowest BCUT2D eigenvalue weighted by molar-refractivity contribution is -0.131. The van der Waals surface area contributed by atoms with Crippen molar-refractivity contribution in [1.29, 1.82) is 0 Å². The standard InChI is InChI=1S/C26H22N2O3/c1-2-23(19-4-3-5-22(29)15-19)26(20-11-12-24-21(14-20)16-27-28-24)18-9-6-17(7-10-18)8-13-25(30)31/h3-16,29H,2H2,1H3,(H,27,28)(H,30,31)/b13-8+,26-23+. The van der Waals surface area contributed by atoms with E-state index in [0.717, 1.165) is 56.8 Å². The number of nitrogens with zero attached hydrogens (tertiary/aromatic N) is 1. The van der Waals surface area contributed by atoms with Gasteiger partial charge in [-0.1, -0.05) is 49.4 Å². The molecule has 1 heterocycles. The summed E-state index contributed by atoms with van der Waals surface area (Å²) in [6.45, 7) is 2.10. The first-order valence-electron chi connectivity index (χ1n) is 10.0. The molecule has 0 bridgehead atoms. The average Bonchev–Trinajstić information content (AvgIpc) is 3.24. The molecule has 1 aromatic heterocycles. The Morgan fingerprint density at radius 1 is 1.00 bits per heavy atom. The molecule has 0 amide bonds. The highest BCUT2D eigenvalue weighted by atomic mass is 16.4. The normalized spacial score (nSPS) is 12.3. The van der Waals surface area contributed by atoms with Crippen LogP contribution in [0.4, 0.5) is 0 Å². The van der Waals surface area contributed by atoms with Crippen molar-refractivity contribution < 1.29 is 15.0 Å². The molecule has 0 saturated carbocycles. The summed E-state index contributed by atoms with van der Waals surface area (Å²) in [5.41, 5.74) is 6.95. The Morgan fingerprint density at radius 3 is 2.48 bits per heavy atom. The van der Waals surface area contributed by atoms with Gasteiger partial charge >= 0.3 is 5.97 Å². The molecule has 3 N–H and O–H groups in total. The minimum absolute atomic E-state index is 0.224. The van der Waals surface area contributed by atoms with Crippen LogP contribution in [-0.4, -0.2) is 26.4 Å². The van der Waals surface area contributed by atoms with E-state index in [0.29, 0.717) is 0 Å². The number of phenolic OH excluding ortho intramolecular Hbond substituents is 1. The van der Waals surface area contributed by atoms with E-state index in [1.165, 1.54) is 0 Å². The SMILES string of the molecule is CC/C(=C(/c1ccc(/C=C/C(=O)O)cc1)c1ccc2[nH]ncc2c1)c1cccc(O)c1. The number of phenols is 1. The van der Waals surface area contributed by atoms with Gasteiger partial charge in [0.15, 0.2) is 0 Å². The molecule has 0 aliphatic carbocycles. The number of H-pyrrole nitrogens is 1. The summed E-state index contributed by atoms with van der Waals surface area (Å²) >= 11 is 0. The molecular formula is C26H22N2O3. The van der Waals surface area contributed by atoms with Crippen LogP contribution in [0.15, 0.2) is 79.0 Å². The fourth-order valence-corrected chi connectivity index (χ4v) is 3.76. The molecule has 4 aromatic rings. The number of aromatic nitrogens is 2. The molecule has 5 heteroatoms. The third-order valence-corrected chi connectivity index (χ3v) is 5.20. The number of carboxylic acid groups (broad SMARTS) is 1. The number of benzene rings is 3. The third-order valence-electron chi connectivity index (χ3n) is 5.20. The summed E-state index contributed by atoms with van der Waals surface area (Å²) in [7, 11) is 0. The van der Waals surface area contributed by atoms with Gasteiger partial charge in [0.25, 0.3) is 0 Å². The molecule has 0 unspecified atom stereocenters. The Hall–Kier alpha value is -4.12. The molecule has 0 radical (unpaired) electrons. The van der Waals surface area contributed by atoms with Gasteiger partial charge in [-0.05, 0) is 70.2 Å². The van der Waals surface area contributed by atoms with Gasteiger partial charge in [0.2, 0.25) is 0 Å². The second-order valence-electron chi connectivity index (χ2n) is 7.22. The Labute approximate surface area is 180 Å². The van der Waals surface area contributed by atoms with Crippen LogP contribution in [0, 0.1) is 0 Å². The highest BCUT2D eigenvalue weighted by Gasteiger charge is 2.14. The topological polar surface area (TPSA) is 86.2 Å². The molecule has 0 aliphatic heterocycles. The Balaban J connectivity index is 1.91. The highest BCUT2D eigenvalue weighted by Crippen LogP contribution is 2.36. The molecular weight excluding hydrogens is 388 g/mol. The summed E-state index contributed by atoms with van der Waals surface area (Å²) in [5.74, 6) is -0.752. The van der Waals surface area contributed by atoms with E-state index in [2.05, 4.69) is 29.3 Å². The van der Waals surface area contributed by atoms with E-state index < -0.39 is 5.97 Å². The average molecular weight is 410 g/mol. The lowest BCUT2D eigenvalue weighted by Gasteiger charge is -2.17. The fourth-order valence-electron chi connectivity index (χ4n) is 3.76. The predicted octanol–water partition coefficient (Wildman–Crippen LogP) is 5.74. The lowest BCUT2D eigenvalue weighted by atomic mass is 9.87. The number of nitrogens with one attached hydrogen (secondary N) is 1. The zero-order valence-corrected chi connectivity index (χ0v) is 17.0. The van der Waals surface area contributed by atoms with Crippen LogP contribution in [-0.2, 0) is 4.79 Å². The maximum atomic E-state index is 10.8. The van der Waals surface area contributed by atoms with Crippen molar-refractivity contribution >= 4 is 34.1 Å². The maximum Gasteiger partial charge on any atom is 0.328 e. The predicted molar refractivity (Wildman–Crippen MR) is 124 cm³/mol. The van der Waals surface area contributed by atoms with Crippen LogP contribution < -0.4 is 0 Å². The van der Waals surface area contributed by atoms with Crippen molar-refractivity contribution in [3.63, 3.8) is 0 Å². The van der Waals surface area contributed by atoms with Crippen molar-refractivity contribution in [3.05, 3.63) is 101 Å². The number of aliphatic carboxylic acids is 1. The van der Waals surface area contributed by atoms with Gasteiger partial charge in [-0.3, -0.25) is 5.10 Å². The molecule has 31 heavy (non-hydrogen) atoms.